The predicted octanol–water partition coefficient (Wildman–Crippen LogP) is 2.80. The predicted molar refractivity (Wildman–Crippen MR) is 105 cm³/mol. The summed E-state index contributed by atoms with van der Waals surface area (Å²) in [6, 6.07) is 10.4. The van der Waals surface area contributed by atoms with Crippen molar-refractivity contribution in [2.24, 2.45) is 4.99 Å². The molecule has 5 heteroatoms. The molecule has 1 aliphatic rings. The average Bonchev–Trinajstić information content (AvgIpc) is 3.00. The zero-order valence-electron chi connectivity index (χ0n) is 13.8. The Kier molecular flexibility index (Phi) is 9.47. The first-order chi connectivity index (χ1) is 10.3. The Morgan fingerprint density at radius 3 is 2.50 bits per heavy atom. The van der Waals surface area contributed by atoms with Crippen LogP contribution >= 0.6 is 24.0 Å². The molecule has 0 bridgehead atoms. The fourth-order valence-electron chi connectivity index (χ4n) is 2.61. The summed E-state index contributed by atoms with van der Waals surface area (Å²) in [6.07, 6.45) is 3.92. The Balaban J connectivity index is 0.00000242. The number of hydrogen-bond donors (Lipinski definition) is 1. The van der Waals surface area contributed by atoms with E-state index in [0.29, 0.717) is 0 Å². The van der Waals surface area contributed by atoms with Crippen molar-refractivity contribution in [3.63, 3.8) is 0 Å². The molecule has 1 heterocycles. The molecule has 0 amide bonds. The zero-order chi connectivity index (χ0) is 14.9. The Hall–Kier alpha value is -0.820. The van der Waals surface area contributed by atoms with Gasteiger partial charge >= 0.3 is 0 Å². The second kappa shape index (κ2) is 10.8. The van der Waals surface area contributed by atoms with Crippen molar-refractivity contribution in [1.29, 1.82) is 0 Å². The minimum atomic E-state index is 0. The monoisotopic (exact) mass is 416 g/mol. The lowest BCUT2D eigenvalue weighted by molar-refractivity contribution is 0.333. The molecule has 4 nitrogen and oxygen atoms in total. The topological polar surface area (TPSA) is 30.9 Å². The number of benzene rings is 1. The number of halogens is 1. The summed E-state index contributed by atoms with van der Waals surface area (Å²) >= 11 is 0. The summed E-state index contributed by atoms with van der Waals surface area (Å²) in [5, 5.41) is 3.46. The summed E-state index contributed by atoms with van der Waals surface area (Å²) in [5.41, 5.74) is 1.25. The van der Waals surface area contributed by atoms with Gasteiger partial charge in [0.05, 0.1) is 6.54 Å². The maximum absolute atomic E-state index is 4.68. The molecule has 0 atom stereocenters. The van der Waals surface area contributed by atoms with E-state index in [9.17, 15) is 0 Å². The molecule has 124 valence electrons. The number of nitrogens with zero attached hydrogens (tertiary/aromatic N) is 3. The largest absolute Gasteiger partial charge is 0.356 e. The third-order valence-corrected chi connectivity index (χ3v) is 3.81. The van der Waals surface area contributed by atoms with Gasteiger partial charge in [0, 0.05) is 20.6 Å². The van der Waals surface area contributed by atoms with Crippen molar-refractivity contribution in [3.8, 4) is 0 Å². The number of aliphatic imine (C=N–C) groups is 1. The first-order valence-corrected chi connectivity index (χ1v) is 7.97. The maximum Gasteiger partial charge on any atom is 0.193 e. The SMILES string of the molecule is CN(C)C(=NCc1ccccc1)NCCCN1CCCC1.I. The fraction of sp³-hybridized carbons (Fsp3) is 0.588. The Morgan fingerprint density at radius 1 is 1.18 bits per heavy atom. The number of likely N-dealkylation sites (tertiary alicyclic amines) is 1. The highest BCUT2D eigenvalue weighted by molar-refractivity contribution is 14.0. The van der Waals surface area contributed by atoms with Crippen LogP contribution in [0.5, 0.6) is 0 Å². The van der Waals surface area contributed by atoms with Crippen molar-refractivity contribution < 1.29 is 0 Å². The first-order valence-electron chi connectivity index (χ1n) is 7.97. The van der Waals surface area contributed by atoms with Gasteiger partial charge in [-0.05, 0) is 44.5 Å². The van der Waals surface area contributed by atoms with Gasteiger partial charge in [0.2, 0.25) is 0 Å². The third-order valence-electron chi connectivity index (χ3n) is 3.81. The highest BCUT2D eigenvalue weighted by Gasteiger charge is 2.10. The summed E-state index contributed by atoms with van der Waals surface area (Å²) in [6.45, 7) is 5.48. The lowest BCUT2D eigenvalue weighted by Crippen LogP contribution is -2.38. The van der Waals surface area contributed by atoms with Crippen molar-refractivity contribution in [3.05, 3.63) is 35.9 Å². The maximum atomic E-state index is 4.68. The van der Waals surface area contributed by atoms with E-state index in [-0.39, 0.29) is 24.0 Å². The summed E-state index contributed by atoms with van der Waals surface area (Å²) in [5.74, 6) is 0.972. The van der Waals surface area contributed by atoms with Gasteiger partial charge in [0.15, 0.2) is 5.96 Å². The van der Waals surface area contributed by atoms with E-state index in [1.807, 2.05) is 20.2 Å². The quantitative estimate of drug-likeness (QED) is 0.335. The lowest BCUT2D eigenvalue weighted by Gasteiger charge is -2.19. The number of guanidine groups is 1. The van der Waals surface area contributed by atoms with Gasteiger partial charge in [0.1, 0.15) is 0 Å². The minimum Gasteiger partial charge on any atom is -0.356 e. The van der Waals surface area contributed by atoms with Crippen LogP contribution in [0.4, 0.5) is 0 Å². The Morgan fingerprint density at radius 2 is 1.86 bits per heavy atom. The molecule has 0 aromatic heterocycles. The highest BCUT2D eigenvalue weighted by atomic mass is 127. The molecule has 0 radical (unpaired) electrons. The van der Waals surface area contributed by atoms with Crippen LogP contribution in [0.2, 0.25) is 0 Å². The third kappa shape index (κ3) is 6.96. The smallest absolute Gasteiger partial charge is 0.193 e. The number of hydrogen-bond acceptors (Lipinski definition) is 2. The molecule has 1 aromatic carbocycles. The second-order valence-electron chi connectivity index (χ2n) is 5.85. The van der Waals surface area contributed by atoms with Crippen molar-refractivity contribution in [2.75, 3.05) is 40.3 Å². The standard InChI is InChI=1S/C17H28N4.HI/c1-20(2)17(19-15-16-9-4-3-5-10-16)18-11-8-14-21-12-6-7-13-21;/h3-5,9-10H,6-8,11-15H2,1-2H3,(H,18,19);1H. The molecule has 22 heavy (non-hydrogen) atoms. The van der Waals surface area contributed by atoms with Crippen LogP contribution in [-0.2, 0) is 6.54 Å². The highest BCUT2D eigenvalue weighted by Crippen LogP contribution is 2.07. The van der Waals surface area contributed by atoms with E-state index in [0.717, 1.165) is 19.0 Å². The second-order valence-corrected chi connectivity index (χ2v) is 5.85. The lowest BCUT2D eigenvalue weighted by atomic mass is 10.2. The summed E-state index contributed by atoms with van der Waals surface area (Å²) in [7, 11) is 4.08. The minimum absolute atomic E-state index is 0. The van der Waals surface area contributed by atoms with Gasteiger partial charge in [-0.15, -0.1) is 24.0 Å². The fourth-order valence-corrected chi connectivity index (χ4v) is 2.61. The number of rotatable bonds is 6. The van der Waals surface area contributed by atoms with E-state index in [4.69, 9.17) is 0 Å². The summed E-state index contributed by atoms with van der Waals surface area (Å²) < 4.78 is 0. The normalized spacial score (nSPS) is 15.5. The van der Waals surface area contributed by atoms with Crippen molar-refractivity contribution in [2.45, 2.75) is 25.8 Å². The molecule has 1 aromatic rings. The van der Waals surface area contributed by atoms with Gasteiger partial charge < -0.3 is 15.1 Å². The molecule has 1 N–H and O–H groups in total. The van der Waals surface area contributed by atoms with Gasteiger partial charge in [-0.25, -0.2) is 4.99 Å². The molecule has 1 saturated heterocycles. The average molecular weight is 416 g/mol. The van der Waals surface area contributed by atoms with Crippen LogP contribution in [0, 0.1) is 0 Å². The van der Waals surface area contributed by atoms with Gasteiger partial charge in [-0.2, -0.15) is 0 Å². The van der Waals surface area contributed by atoms with E-state index < -0.39 is 0 Å². The van der Waals surface area contributed by atoms with Gasteiger partial charge in [-0.3, -0.25) is 0 Å². The van der Waals surface area contributed by atoms with Crippen molar-refractivity contribution >= 4 is 29.9 Å². The van der Waals surface area contributed by atoms with Crippen LogP contribution in [0.3, 0.4) is 0 Å². The molecule has 0 saturated carbocycles. The molecule has 1 aliphatic heterocycles. The van der Waals surface area contributed by atoms with Crippen LogP contribution in [-0.4, -0.2) is 56.0 Å². The number of nitrogens with one attached hydrogen (secondary N) is 1. The zero-order valence-corrected chi connectivity index (χ0v) is 16.1. The van der Waals surface area contributed by atoms with Crippen LogP contribution < -0.4 is 5.32 Å². The van der Waals surface area contributed by atoms with E-state index >= 15 is 0 Å². The van der Waals surface area contributed by atoms with Crippen LogP contribution in [0.1, 0.15) is 24.8 Å². The molecule has 0 unspecified atom stereocenters. The van der Waals surface area contributed by atoms with E-state index in [1.165, 1.54) is 44.5 Å². The molecule has 2 rings (SSSR count). The molecular formula is C17H29IN4. The van der Waals surface area contributed by atoms with Crippen molar-refractivity contribution in [1.82, 2.24) is 15.1 Å². The van der Waals surface area contributed by atoms with Crippen LogP contribution in [0.15, 0.2) is 35.3 Å². The van der Waals surface area contributed by atoms with E-state index in [2.05, 4.69) is 44.4 Å². The van der Waals surface area contributed by atoms with Crippen LogP contribution in [0.25, 0.3) is 0 Å². The molecule has 1 fully saturated rings. The Labute approximate surface area is 152 Å². The van der Waals surface area contributed by atoms with Gasteiger partial charge in [0.25, 0.3) is 0 Å². The van der Waals surface area contributed by atoms with E-state index in [1.54, 1.807) is 0 Å². The molecule has 0 aliphatic carbocycles. The van der Waals surface area contributed by atoms with Gasteiger partial charge in [-0.1, -0.05) is 30.3 Å². The molecular weight excluding hydrogens is 387 g/mol. The summed E-state index contributed by atoms with van der Waals surface area (Å²) in [4.78, 5) is 9.29. The molecule has 0 spiro atoms. The first kappa shape index (κ1) is 19.2. The Bertz CT molecular complexity index is 428.